The summed E-state index contributed by atoms with van der Waals surface area (Å²) in [5, 5.41) is 5.18. The highest BCUT2D eigenvalue weighted by Gasteiger charge is 2.24. The summed E-state index contributed by atoms with van der Waals surface area (Å²) < 4.78 is 1.76. The fourth-order valence-electron chi connectivity index (χ4n) is 3.53. The first-order valence-corrected chi connectivity index (χ1v) is 9.11. The number of pyridine rings is 2. The molecule has 26 heavy (non-hydrogen) atoms. The highest BCUT2D eigenvalue weighted by Crippen LogP contribution is 2.21. The van der Waals surface area contributed by atoms with E-state index in [4.69, 9.17) is 4.98 Å². The number of carbonyl (C=O) groups excluding carboxylic acids is 1. The third-order valence-electron chi connectivity index (χ3n) is 5.14. The summed E-state index contributed by atoms with van der Waals surface area (Å²) >= 11 is 0. The minimum atomic E-state index is -0.0373. The minimum absolute atomic E-state index is 0.0373. The normalized spacial score (nSPS) is 16.2. The van der Waals surface area contributed by atoms with Gasteiger partial charge in [0.05, 0.1) is 29.9 Å². The lowest BCUT2D eigenvalue weighted by Crippen LogP contribution is -2.37. The summed E-state index contributed by atoms with van der Waals surface area (Å²) in [7, 11) is 1.89. The first-order valence-electron chi connectivity index (χ1n) is 9.11. The molecule has 0 amide bonds. The number of ketones is 1. The SMILES string of the molecule is CC(C(=O)Cc1cc2nc(-c3cnn(C)c3)ccc2cn1)N1CCCC1. The van der Waals surface area contributed by atoms with Crippen molar-refractivity contribution in [3.05, 3.63) is 42.5 Å². The van der Waals surface area contributed by atoms with E-state index in [0.29, 0.717) is 6.42 Å². The molecule has 4 heterocycles. The van der Waals surface area contributed by atoms with Gasteiger partial charge < -0.3 is 0 Å². The molecule has 0 radical (unpaired) electrons. The highest BCUT2D eigenvalue weighted by molar-refractivity contribution is 5.87. The summed E-state index contributed by atoms with van der Waals surface area (Å²) in [5.41, 5.74) is 3.49. The average Bonchev–Trinajstić information content (AvgIpc) is 3.32. The van der Waals surface area contributed by atoms with Gasteiger partial charge in [0.1, 0.15) is 0 Å². The molecule has 1 unspecified atom stereocenters. The van der Waals surface area contributed by atoms with Crippen molar-refractivity contribution in [3.63, 3.8) is 0 Å². The molecule has 0 aromatic carbocycles. The second kappa shape index (κ2) is 6.96. The second-order valence-corrected chi connectivity index (χ2v) is 7.03. The van der Waals surface area contributed by atoms with Gasteiger partial charge in [0, 0.05) is 36.1 Å². The fraction of sp³-hybridized carbons (Fsp3) is 0.400. The van der Waals surface area contributed by atoms with Crippen LogP contribution in [0.5, 0.6) is 0 Å². The first-order chi connectivity index (χ1) is 12.6. The van der Waals surface area contributed by atoms with Gasteiger partial charge in [0.2, 0.25) is 0 Å². The molecule has 4 rings (SSSR count). The van der Waals surface area contributed by atoms with E-state index in [9.17, 15) is 4.79 Å². The van der Waals surface area contributed by atoms with Crippen molar-refractivity contribution in [2.75, 3.05) is 13.1 Å². The number of hydrogen-bond donors (Lipinski definition) is 0. The quantitative estimate of drug-likeness (QED) is 0.708. The van der Waals surface area contributed by atoms with Crippen molar-refractivity contribution in [1.82, 2.24) is 24.6 Å². The van der Waals surface area contributed by atoms with E-state index in [1.807, 2.05) is 38.4 Å². The van der Waals surface area contributed by atoms with Crippen molar-refractivity contribution in [2.24, 2.45) is 7.05 Å². The lowest BCUT2D eigenvalue weighted by atomic mass is 10.1. The van der Waals surface area contributed by atoms with Gasteiger partial charge in [-0.05, 0) is 51.1 Å². The predicted octanol–water partition coefficient (Wildman–Crippen LogP) is 2.63. The topological polar surface area (TPSA) is 63.9 Å². The Morgan fingerprint density at radius 3 is 2.77 bits per heavy atom. The molecule has 1 aliphatic rings. The van der Waals surface area contributed by atoms with Crippen LogP contribution in [0.25, 0.3) is 22.2 Å². The number of aromatic nitrogens is 4. The predicted molar refractivity (Wildman–Crippen MR) is 101 cm³/mol. The smallest absolute Gasteiger partial charge is 0.155 e. The Hall–Kier alpha value is -2.60. The summed E-state index contributed by atoms with van der Waals surface area (Å²) in [4.78, 5) is 24.1. The van der Waals surface area contributed by atoms with Crippen molar-refractivity contribution >= 4 is 16.7 Å². The number of aryl methyl sites for hydroxylation is 1. The van der Waals surface area contributed by atoms with Crippen LogP contribution in [0.15, 0.2) is 36.8 Å². The molecule has 1 aliphatic heterocycles. The third-order valence-corrected chi connectivity index (χ3v) is 5.14. The molecular weight excluding hydrogens is 326 g/mol. The molecule has 1 atom stereocenters. The van der Waals surface area contributed by atoms with E-state index >= 15 is 0 Å². The van der Waals surface area contributed by atoms with Gasteiger partial charge in [0.15, 0.2) is 5.78 Å². The van der Waals surface area contributed by atoms with Crippen molar-refractivity contribution in [3.8, 4) is 11.3 Å². The molecular formula is C20H23N5O. The average molecular weight is 349 g/mol. The van der Waals surface area contributed by atoms with Crippen LogP contribution in [-0.4, -0.2) is 49.6 Å². The summed E-state index contributed by atoms with van der Waals surface area (Å²) in [6, 6.07) is 5.88. The van der Waals surface area contributed by atoms with Gasteiger partial charge in [-0.15, -0.1) is 0 Å². The molecule has 0 aliphatic carbocycles. The summed E-state index contributed by atoms with van der Waals surface area (Å²) in [6.45, 7) is 4.05. The Bertz CT molecular complexity index is 942. The maximum atomic E-state index is 12.6. The lowest BCUT2D eigenvalue weighted by Gasteiger charge is -2.22. The molecule has 0 bridgehead atoms. The zero-order chi connectivity index (χ0) is 18.1. The lowest BCUT2D eigenvalue weighted by molar-refractivity contribution is -0.122. The minimum Gasteiger partial charge on any atom is -0.298 e. The molecule has 6 heteroatoms. The van der Waals surface area contributed by atoms with E-state index < -0.39 is 0 Å². The van der Waals surface area contributed by atoms with Crippen molar-refractivity contribution in [2.45, 2.75) is 32.2 Å². The Balaban J connectivity index is 1.57. The van der Waals surface area contributed by atoms with Gasteiger partial charge in [-0.3, -0.25) is 19.4 Å². The zero-order valence-electron chi connectivity index (χ0n) is 15.2. The van der Waals surface area contributed by atoms with E-state index in [1.54, 1.807) is 17.1 Å². The molecule has 134 valence electrons. The molecule has 3 aromatic heterocycles. The van der Waals surface area contributed by atoms with Crippen LogP contribution < -0.4 is 0 Å². The fourth-order valence-corrected chi connectivity index (χ4v) is 3.53. The van der Waals surface area contributed by atoms with Gasteiger partial charge in [-0.1, -0.05) is 0 Å². The molecule has 1 saturated heterocycles. The Kier molecular flexibility index (Phi) is 4.51. The summed E-state index contributed by atoms with van der Waals surface area (Å²) in [6.07, 6.45) is 8.28. The first kappa shape index (κ1) is 16.8. The number of hydrogen-bond acceptors (Lipinski definition) is 5. The zero-order valence-corrected chi connectivity index (χ0v) is 15.2. The van der Waals surface area contributed by atoms with Gasteiger partial charge in [-0.2, -0.15) is 5.10 Å². The van der Waals surface area contributed by atoms with E-state index in [2.05, 4.69) is 15.0 Å². The maximum absolute atomic E-state index is 12.6. The molecule has 0 N–H and O–H groups in total. The number of nitrogens with zero attached hydrogens (tertiary/aromatic N) is 5. The number of carbonyl (C=O) groups is 1. The number of rotatable bonds is 5. The van der Waals surface area contributed by atoms with E-state index in [-0.39, 0.29) is 11.8 Å². The number of likely N-dealkylation sites (tertiary alicyclic amines) is 1. The standard InChI is InChI=1S/C20H23N5O/c1-14(25-7-3-4-8-25)20(26)10-17-9-19-15(11-21-17)5-6-18(23-19)16-12-22-24(2)13-16/h5-6,9,11-14H,3-4,7-8,10H2,1-2H3. The summed E-state index contributed by atoms with van der Waals surface area (Å²) in [5.74, 6) is 0.224. The van der Waals surface area contributed by atoms with E-state index in [0.717, 1.165) is 40.9 Å². The molecule has 0 spiro atoms. The van der Waals surface area contributed by atoms with Crippen molar-refractivity contribution < 1.29 is 4.79 Å². The molecule has 6 nitrogen and oxygen atoms in total. The maximum Gasteiger partial charge on any atom is 0.155 e. The number of fused-ring (bicyclic) bond motifs is 1. The van der Waals surface area contributed by atoms with Gasteiger partial charge in [-0.25, -0.2) is 4.98 Å². The largest absolute Gasteiger partial charge is 0.298 e. The number of Topliss-reactive ketones (excluding diaryl/α,β-unsaturated/α-hetero) is 1. The van der Waals surface area contributed by atoms with Crippen LogP contribution in [0.2, 0.25) is 0 Å². The van der Waals surface area contributed by atoms with Crippen LogP contribution in [0.1, 0.15) is 25.5 Å². The monoisotopic (exact) mass is 349 g/mol. The van der Waals surface area contributed by atoms with Crippen LogP contribution in [-0.2, 0) is 18.3 Å². The molecule has 1 fully saturated rings. The molecule has 3 aromatic rings. The van der Waals surface area contributed by atoms with Crippen molar-refractivity contribution in [1.29, 1.82) is 0 Å². The van der Waals surface area contributed by atoms with E-state index in [1.165, 1.54) is 12.8 Å². The van der Waals surface area contributed by atoms with Gasteiger partial charge in [0.25, 0.3) is 0 Å². The van der Waals surface area contributed by atoms with Gasteiger partial charge >= 0.3 is 0 Å². The molecule has 0 saturated carbocycles. The second-order valence-electron chi connectivity index (χ2n) is 7.03. The Labute approximate surface area is 152 Å². The van der Waals surface area contributed by atoms with Crippen LogP contribution in [0.3, 0.4) is 0 Å². The Morgan fingerprint density at radius 1 is 1.23 bits per heavy atom. The van der Waals surface area contributed by atoms with Crippen LogP contribution in [0, 0.1) is 0 Å². The third kappa shape index (κ3) is 3.37. The van der Waals surface area contributed by atoms with Crippen LogP contribution >= 0.6 is 0 Å². The van der Waals surface area contributed by atoms with Crippen LogP contribution in [0.4, 0.5) is 0 Å². The highest BCUT2D eigenvalue weighted by atomic mass is 16.1. The Morgan fingerprint density at radius 2 is 2.04 bits per heavy atom.